The zero-order chi connectivity index (χ0) is 18.3. The molecule has 1 heterocycles. The minimum absolute atomic E-state index is 0. The largest absolute Gasteiger partial charge is 0.386 e. The fourth-order valence-corrected chi connectivity index (χ4v) is 4.03. The Bertz CT molecular complexity index is 890. The van der Waals surface area contributed by atoms with Gasteiger partial charge in [0.15, 0.2) is 0 Å². The number of hydrogen-bond acceptors (Lipinski definition) is 4. The standard InChI is InChI=1S/C20H21ClFN3O.ClH/c1-20(11-26-10-19(23)25-20)16-9-14(4-6-17(16)22)24-18-7-2-12-8-13(21)3-5-15(12)18;/h3-6,8-9,18,24H,2,7,10-11H2,1H3,(H2,23,25);1H. The van der Waals surface area contributed by atoms with Crippen molar-refractivity contribution >= 4 is 35.5 Å². The lowest BCUT2D eigenvalue weighted by Gasteiger charge is -2.31. The summed E-state index contributed by atoms with van der Waals surface area (Å²) in [6, 6.07) is 11.2. The first-order valence-electron chi connectivity index (χ1n) is 8.71. The van der Waals surface area contributed by atoms with Gasteiger partial charge in [-0.1, -0.05) is 17.7 Å². The monoisotopic (exact) mass is 409 g/mol. The van der Waals surface area contributed by atoms with Crippen LogP contribution in [0.1, 0.15) is 36.1 Å². The predicted octanol–water partition coefficient (Wildman–Crippen LogP) is 4.60. The molecule has 0 aromatic heterocycles. The molecule has 144 valence electrons. The maximum absolute atomic E-state index is 14.5. The van der Waals surface area contributed by atoms with Crippen LogP contribution in [0.4, 0.5) is 10.1 Å². The minimum Gasteiger partial charge on any atom is -0.386 e. The average molecular weight is 410 g/mol. The second-order valence-electron chi connectivity index (χ2n) is 7.14. The summed E-state index contributed by atoms with van der Waals surface area (Å²) in [6.45, 7) is 2.43. The van der Waals surface area contributed by atoms with Crippen LogP contribution >= 0.6 is 24.0 Å². The van der Waals surface area contributed by atoms with E-state index in [1.807, 2.05) is 25.1 Å². The highest BCUT2D eigenvalue weighted by Gasteiger charge is 2.33. The molecular weight excluding hydrogens is 388 g/mol. The number of nitrogens with one attached hydrogen (secondary N) is 1. The molecule has 2 atom stereocenters. The van der Waals surface area contributed by atoms with Crippen molar-refractivity contribution in [1.29, 1.82) is 0 Å². The first kappa shape index (κ1) is 19.9. The molecule has 0 spiro atoms. The van der Waals surface area contributed by atoms with Crippen LogP contribution in [0.25, 0.3) is 0 Å². The first-order valence-corrected chi connectivity index (χ1v) is 9.09. The van der Waals surface area contributed by atoms with Crippen LogP contribution in [0, 0.1) is 5.82 Å². The molecule has 2 aromatic rings. The molecular formula is C20H22Cl2FN3O. The van der Waals surface area contributed by atoms with Gasteiger partial charge in [0.25, 0.3) is 0 Å². The molecule has 4 nitrogen and oxygen atoms in total. The number of aliphatic imine (C=N–C) groups is 1. The number of fused-ring (bicyclic) bond motifs is 1. The van der Waals surface area contributed by atoms with E-state index in [1.54, 1.807) is 6.07 Å². The highest BCUT2D eigenvalue weighted by Crippen LogP contribution is 2.37. The summed E-state index contributed by atoms with van der Waals surface area (Å²) >= 11 is 6.09. The van der Waals surface area contributed by atoms with Crippen molar-refractivity contribution in [3.05, 3.63) is 63.9 Å². The fraction of sp³-hybridized carbons (Fsp3) is 0.350. The zero-order valence-corrected chi connectivity index (χ0v) is 16.5. The molecule has 1 aliphatic carbocycles. The van der Waals surface area contributed by atoms with E-state index < -0.39 is 5.54 Å². The maximum Gasteiger partial charge on any atom is 0.129 e. The van der Waals surface area contributed by atoms with Gasteiger partial charge in [-0.25, -0.2) is 4.39 Å². The molecule has 0 saturated heterocycles. The number of anilines is 1. The third kappa shape index (κ3) is 3.91. The van der Waals surface area contributed by atoms with Crippen molar-refractivity contribution < 1.29 is 9.13 Å². The third-order valence-electron chi connectivity index (χ3n) is 5.09. The van der Waals surface area contributed by atoms with E-state index >= 15 is 0 Å². The molecule has 0 bridgehead atoms. The van der Waals surface area contributed by atoms with Crippen LogP contribution in [-0.4, -0.2) is 19.0 Å². The smallest absolute Gasteiger partial charge is 0.129 e. The quantitative estimate of drug-likeness (QED) is 0.778. The van der Waals surface area contributed by atoms with Crippen LogP contribution in [-0.2, 0) is 16.7 Å². The molecule has 0 radical (unpaired) electrons. The summed E-state index contributed by atoms with van der Waals surface area (Å²) in [7, 11) is 0. The summed E-state index contributed by atoms with van der Waals surface area (Å²) in [6.07, 6.45) is 1.96. The van der Waals surface area contributed by atoms with Gasteiger partial charge in [0.1, 0.15) is 23.8 Å². The molecule has 7 heteroatoms. The lowest BCUT2D eigenvalue weighted by molar-refractivity contribution is 0.104. The number of nitrogens with zero attached hydrogens (tertiary/aromatic N) is 1. The Hall–Kier alpha value is -1.82. The summed E-state index contributed by atoms with van der Waals surface area (Å²) in [5, 5.41) is 4.28. The maximum atomic E-state index is 14.5. The molecule has 1 aliphatic heterocycles. The topological polar surface area (TPSA) is 59.6 Å². The lowest BCUT2D eigenvalue weighted by atomic mass is 9.91. The van der Waals surface area contributed by atoms with E-state index in [2.05, 4.69) is 16.4 Å². The number of halogens is 3. The molecule has 2 aromatic carbocycles. The van der Waals surface area contributed by atoms with Gasteiger partial charge < -0.3 is 15.8 Å². The predicted molar refractivity (Wildman–Crippen MR) is 110 cm³/mol. The van der Waals surface area contributed by atoms with Crippen molar-refractivity contribution in [1.82, 2.24) is 0 Å². The molecule has 0 saturated carbocycles. The van der Waals surface area contributed by atoms with Gasteiger partial charge in [0, 0.05) is 16.3 Å². The van der Waals surface area contributed by atoms with Crippen molar-refractivity contribution in [2.45, 2.75) is 31.3 Å². The number of rotatable bonds is 3. The molecule has 27 heavy (non-hydrogen) atoms. The van der Waals surface area contributed by atoms with Gasteiger partial charge in [-0.05, 0) is 61.2 Å². The summed E-state index contributed by atoms with van der Waals surface area (Å²) < 4.78 is 20.0. The lowest BCUT2D eigenvalue weighted by Crippen LogP contribution is -2.38. The van der Waals surface area contributed by atoms with Gasteiger partial charge in [-0.3, -0.25) is 4.99 Å². The Labute approximate surface area is 169 Å². The highest BCUT2D eigenvalue weighted by molar-refractivity contribution is 6.30. The molecule has 2 aliphatic rings. The van der Waals surface area contributed by atoms with Crippen LogP contribution in [0.15, 0.2) is 41.4 Å². The van der Waals surface area contributed by atoms with Crippen LogP contribution in [0.5, 0.6) is 0 Å². The van der Waals surface area contributed by atoms with Crippen LogP contribution < -0.4 is 11.1 Å². The first-order chi connectivity index (χ1) is 12.4. The van der Waals surface area contributed by atoms with E-state index in [-0.39, 0.29) is 30.9 Å². The summed E-state index contributed by atoms with van der Waals surface area (Å²) in [5.74, 6) is 0.0804. The Morgan fingerprint density at radius 3 is 2.89 bits per heavy atom. The molecule has 3 N–H and O–H groups in total. The van der Waals surface area contributed by atoms with Gasteiger partial charge in [0.2, 0.25) is 0 Å². The van der Waals surface area contributed by atoms with Crippen LogP contribution in [0.2, 0.25) is 5.02 Å². The highest BCUT2D eigenvalue weighted by atomic mass is 35.5. The Morgan fingerprint density at radius 2 is 2.11 bits per heavy atom. The molecule has 0 amide bonds. The Morgan fingerprint density at radius 1 is 1.30 bits per heavy atom. The van der Waals surface area contributed by atoms with Crippen molar-refractivity contribution in [3.8, 4) is 0 Å². The minimum atomic E-state index is -0.814. The van der Waals surface area contributed by atoms with Gasteiger partial charge in [-0.2, -0.15) is 0 Å². The third-order valence-corrected chi connectivity index (χ3v) is 5.33. The second kappa shape index (κ2) is 7.66. The van der Waals surface area contributed by atoms with Gasteiger partial charge in [-0.15, -0.1) is 12.4 Å². The SMILES string of the molecule is CC1(c2cc(NC3CCc4cc(Cl)ccc43)ccc2F)COCC(N)=N1.Cl. The number of nitrogens with two attached hydrogens (primary N) is 1. The Kier molecular flexibility index (Phi) is 5.65. The average Bonchev–Trinajstić information content (AvgIpc) is 2.98. The van der Waals surface area contributed by atoms with E-state index in [4.69, 9.17) is 22.1 Å². The van der Waals surface area contributed by atoms with E-state index in [9.17, 15) is 4.39 Å². The van der Waals surface area contributed by atoms with Gasteiger partial charge in [0.05, 0.1) is 12.6 Å². The number of benzene rings is 2. The molecule has 2 unspecified atom stereocenters. The van der Waals surface area contributed by atoms with Gasteiger partial charge >= 0.3 is 0 Å². The fourth-order valence-electron chi connectivity index (χ4n) is 3.84. The number of ether oxygens (including phenoxy) is 1. The molecule has 0 fully saturated rings. The van der Waals surface area contributed by atoms with E-state index in [0.717, 1.165) is 23.6 Å². The number of aryl methyl sites for hydroxylation is 1. The zero-order valence-electron chi connectivity index (χ0n) is 15.0. The second-order valence-corrected chi connectivity index (χ2v) is 7.58. The van der Waals surface area contributed by atoms with E-state index in [1.165, 1.54) is 17.2 Å². The summed E-state index contributed by atoms with van der Waals surface area (Å²) in [5.41, 5.74) is 8.85. The molecule has 4 rings (SSSR count). The van der Waals surface area contributed by atoms with Crippen molar-refractivity contribution in [2.75, 3.05) is 18.5 Å². The number of amidine groups is 1. The van der Waals surface area contributed by atoms with Crippen molar-refractivity contribution in [3.63, 3.8) is 0 Å². The normalized spacial score (nSPS) is 24.0. The number of hydrogen-bond donors (Lipinski definition) is 2. The van der Waals surface area contributed by atoms with Crippen molar-refractivity contribution in [2.24, 2.45) is 10.7 Å². The summed E-state index contributed by atoms with van der Waals surface area (Å²) in [4.78, 5) is 4.45. The van der Waals surface area contributed by atoms with E-state index in [0.29, 0.717) is 18.0 Å². The Balaban J connectivity index is 0.00000210. The van der Waals surface area contributed by atoms with Crippen LogP contribution in [0.3, 0.4) is 0 Å².